The van der Waals surface area contributed by atoms with E-state index in [-0.39, 0.29) is 5.41 Å². The largest absolute Gasteiger partial charge is 0.384 e. The molecule has 0 fully saturated rings. The number of nitrogens with two attached hydrogens (primary N) is 1. The fourth-order valence-electron chi connectivity index (χ4n) is 1.88. The highest BCUT2D eigenvalue weighted by atomic mass is 32.2. The van der Waals surface area contributed by atoms with Crippen LogP contribution in [0.2, 0.25) is 0 Å². The lowest BCUT2D eigenvalue weighted by Gasteiger charge is -2.24. The summed E-state index contributed by atoms with van der Waals surface area (Å²) in [4.78, 5) is 1.46. The Balaban J connectivity index is 2.02. The first-order valence-corrected chi connectivity index (χ1v) is 7.29. The first kappa shape index (κ1) is 12.8. The monoisotopic (exact) mass is 250 g/mol. The zero-order chi connectivity index (χ0) is 12.3. The molecule has 0 bridgehead atoms. The number of rotatable bonds is 4. The highest BCUT2D eigenvalue weighted by Crippen LogP contribution is 2.31. The Bertz CT molecular complexity index is 388. The average molecular weight is 250 g/mol. The molecule has 17 heavy (non-hydrogen) atoms. The third-order valence-electron chi connectivity index (χ3n) is 3.23. The van der Waals surface area contributed by atoms with Gasteiger partial charge < -0.3 is 11.1 Å². The molecule has 0 saturated carbocycles. The molecule has 0 aromatic heterocycles. The summed E-state index contributed by atoms with van der Waals surface area (Å²) in [7, 11) is 0. The van der Waals surface area contributed by atoms with Gasteiger partial charge >= 0.3 is 0 Å². The summed E-state index contributed by atoms with van der Waals surface area (Å²) >= 11 is 1.98. The number of anilines is 1. The van der Waals surface area contributed by atoms with Crippen molar-refractivity contribution in [1.82, 2.24) is 0 Å². The average Bonchev–Trinajstić information content (AvgIpc) is 2.36. The van der Waals surface area contributed by atoms with Crippen molar-refractivity contribution in [2.24, 2.45) is 11.1 Å². The van der Waals surface area contributed by atoms with Crippen molar-refractivity contribution in [3.63, 3.8) is 0 Å². The SMILES string of the molecule is CC(C)(CN)CNc1ccc2c(c1)CCCS2. The van der Waals surface area contributed by atoms with Crippen molar-refractivity contribution >= 4 is 17.4 Å². The van der Waals surface area contributed by atoms with Gasteiger partial charge in [0.1, 0.15) is 0 Å². The summed E-state index contributed by atoms with van der Waals surface area (Å²) < 4.78 is 0. The zero-order valence-corrected chi connectivity index (χ0v) is 11.6. The Hall–Kier alpha value is -0.670. The van der Waals surface area contributed by atoms with Crippen LogP contribution in [0.25, 0.3) is 0 Å². The van der Waals surface area contributed by atoms with Gasteiger partial charge in [0.2, 0.25) is 0 Å². The van der Waals surface area contributed by atoms with Crippen LogP contribution in [0.4, 0.5) is 5.69 Å². The van der Waals surface area contributed by atoms with E-state index >= 15 is 0 Å². The van der Waals surface area contributed by atoms with E-state index in [4.69, 9.17) is 5.73 Å². The Labute approximate surface area is 108 Å². The zero-order valence-electron chi connectivity index (χ0n) is 10.8. The van der Waals surface area contributed by atoms with Gasteiger partial charge in [-0.1, -0.05) is 13.8 Å². The second-order valence-electron chi connectivity index (χ2n) is 5.50. The van der Waals surface area contributed by atoms with E-state index in [1.807, 2.05) is 11.8 Å². The maximum absolute atomic E-state index is 5.74. The molecule has 0 amide bonds. The van der Waals surface area contributed by atoms with Gasteiger partial charge in [0, 0.05) is 17.1 Å². The standard InChI is InChI=1S/C14H22N2S/c1-14(2,9-15)10-16-12-5-6-13-11(8-12)4-3-7-17-13/h5-6,8,16H,3-4,7,9-10,15H2,1-2H3. The van der Waals surface area contributed by atoms with Crippen molar-refractivity contribution < 1.29 is 0 Å². The second kappa shape index (κ2) is 5.32. The third kappa shape index (κ3) is 3.39. The summed E-state index contributed by atoms with van der Waals surface area (Å²) in [6, 6.07) is 6.73. The molecule has 2 rings (SSSR count). The number of benzene rings is 1. The molecule has 1 aliphatic rings. The molecule has 1 heterocycles. The molecule has 0 radical (unpaired) electrons. The summed E-state index contributed by atoms with van der Waals surface area (Å²) in [6.07, 6.45) is 2.52. The van der Waals surface area contributed by atoms with Crippen molar-refractivity contribution in [2.45, 2.75) is 31.6 Å². The van der Waals surface area contributed by atoms with Crippen molar-refractivity contribution in [3.8, 4) is 0 Å². The highest BCUT2D eigenvalue weighted by molar-refractivity contribution is 7.99. The summed E-state index contributed by atoms with van der Waals surface area (Å²) in [5, 5.41) is 3.50. The molecule has 0 aliphatic carbocycles. The van der Waals surface area contributed by atoms with E-state index in [9.17, 15) is 0 Å². The fraction of sp³-hybridized carbons (Fsp3) is 0.571. The van der Waals surface area contributed by atoms with Gasteiger partial charge in [-0.05, 0) is 54.3 Å². The summed E-state index contributed by atoms with van der Waals surface area (Å²) in [5.41, 5.74) is 8.62. The van der Waals surface area contributed by atoms with Crippen LogP contribution >= 0.6 is 11.8 Å². The lowest BCUT2D eigenvalue weighted by atomic mass is 9.94. The van der Waals surface area contributed by atoms with E-state index in [0.29, 0.717) is 6.54 Å². The predicted octanol–water partition coefficient (Wildman–Crippen LogP) is 3.12. The second-order valence-corrected chi connectivity index (χ2v) is 6.63. The van der Waals surface area contributed by atoms with Crippen LogP contribution in [0.1, 0.15) is 25.8 Å². The van der Waals surface area contributed by atoms with Crippen LogP contribution in [0.5, 0.6) is 0 Å². The quantitative estimate of drug-likeness (QED) is 0.862. The first-order chi connectivity index (χ1) is 8.11. The van der Waals surface area contributed by atoms with Crippen LogP contribution < -0.4 is 11.1 Å². The van der Waals surface area contributed by atoms with E-state index in [1.54, 1.807) is 0 Å². The summed E-state index contributed by atoms with van der Waals surface area (Å²) in [6.45, 7) is 6.01. The maximum Gasteiger partial charge on any atom is 0.0343 e. The van der Waals surface area contributed by atoms with Crippen molar-refractivity contribution in [1.29, 1.82) is 0 Å². The smallest absolute Gasteiger partial charge is 0.0343 e. The Kier molecular flexibility index (Phi) is 4.00. The number of thioether (sulfide) groups is 1. The van der Waals surface area contributed by atoms with Gasteiger partial charge in [0.15, 0.2) is 0 Å². The Morgan fingerprint density at radius 3 is 3.00 bits per heavy atom. The molecule has 1 aromatic rings. The molecule has 2 nitrogen and oxygen atoms in total. The van der Waals surface area contributed by atoms with Crippen LogP contribution in [0.3, 0.4) is 0 Å². The molecule has 3 N–H and O–H groups in total. The van der Waals surface area contributed by atoms with E-state index < -0.39 is 0 Å². The lowest BCUT2D eigenvalue weighted by Crippen LogP contribution is -2.31. The van der Waals surface area contributed by atoms with Crippen LogP contribution in [-0.4, -0.2) is 18.8 Å². The van der Waals surface area contributed by atoms with E-state index in [0.717, 1.165) is 6.54 Å². The molecular weight excluding hydrogens is 228 g/mol. The first-order valence-electron chi connectivity index (χ1n) is 6.30. The van der Waals surface area contributed by atoms with Gasteiger partial charge in [-0.3, -0.25) is 0 Å². The maximum atomic E-state index is 5.74. The molecule has 0 unspecified atom stereocenters. The van der Waals surface area contributed by atoms with Crippen LogP contribution in [-0.2, 0) is 6.42 Å². The van der Waals surface area contributed by atoms with Gasteiger partial charge in [0.25, 0.3) is 0 Å². The van der Waals surface area contributed by atoms with Crippen LogP contribution in [0.15, 0.2) is 23.1 Å². The molecule has 1 aliphatic heterocycles. The molecule has 0 saturated heterocycles. The minimum Gasteiger partial charge on any atom is -0.384 e. The minimum atomic E-state index is 0.157. The van der Waals surface area contributed by atoms with E-state index in [2.05, 4.69) is 37.4 Å². The predicted molar refractivity (Wildman–Crippen MR) is 76.8 cm³/mol. The number of hydrogen-bond acceptors (Lipinski definition) is 3. The van der Waals surface area contributed by atoms with Gasteiger partial charge in [-0.25, -0.2) is 0 Å². The molecular formula is C14H22N2S. The molecule has 3 heteroatoms. The lowest BCUT2D eigenvalue weighted by molar-refractivity contribution is 0.405. The number of fused-ring (bicyclic) bond motifs is 1. The van der Waals surface area contributed by atoms with Crippen molar-refractivity contribution in [3.05, 3.63) is 23.8 Å². The molecule has 1 aromatic carbocycles. The van der Waals surface area contributed by atoms with Gasteiger partial charge in [-0.2, -0.15) is 0 Å². The number of hydrogen-bond donors (Lipinski definition) is 2. The minimum absolute atomic E-state index is 0.157. The van der Waals surface area contributed by atoms with Crippen molar-refractivity contribution in [2.75, 3.05) is 24.2 Å². The Morgan fingerprint density at radius 2 is 2.24 bits per heavy atom. The third-order valence-corrected chi connectivity index (χ3v) is 4.43. The molecule has 94 valence electrons. The summed E-state index contributed by atoms with van der Waals surface area (Å²) in [5.74, 6) is 1.26. The van der Waals surface area contributed by atoms with Gasteiger partial charge in [0.05, 0.1) is 0 Å². The normalized spacial score (nSPS) is 15.5. The Morgan fingerprint density at radius 1 is 1.41 bits per heavy atom. The molecule has 0 atom stereocenters. The topological polar surface area (TPSA) is 38.0 Å². The van der Waals surface area contributed by atoms with E-state index in [1.165, 1.54) is 34.7 Å². The van der Waals surface area contributed by atoms with Crippen LogP contribution in [0, 0.1) is 5.41 Å². The fourth-order valence-corrected chi connectivity index (χ4v) is 2.90. The number of nitrogens with one attached hydrogen (secondary N) is 1. The molecule has 0 spiro atoms. The number of aryl methyl sites for hydroxylation is 1. The highest BCUT2D eigenvalue weighted by Gasteiger charge is 2.15. The van der Waals surface area contributed by atoms with Gasteiger partial charge in [-0.15, -0.1) is 11.8 Å².